The van der Waals surface area contributed by atoms with Crippen LogP contribution in [0.3, 0.4) is 0 Å². The highest BCUT2D eigenvalue weighted by atomic mass is 17.0. The molecule has 0 heterocycles. The Kier molecular flexibility index (Phi) is 5.88. The molecule has 1 saturated carbocycles. The van der Waals surface area contributed by atoms with Gasteiger partial charge in [-0.25, -0.2) is 0 Å². The molecule has 7 heteroatoms. The molecule has 1 aliphatic carbocycles. The monoisotopic (exact) mass is 288 g/mol. The first-order chi connectivity index (χ1) is 9.19. The van der Waals surface area contributed by atoms with Gasteiger partial charge in [0.2, 0.25) is 0 Å². The minimum Gasteiger partial charge on any atom is -0.850 e. The van der Waals surface area contributed by atoms with Crippen molar-refractivity contribution in [1.82, 2.24) is 0 Å². The molecule has 0 aromatic heterocycles. The number of carbonyl (C=O) groups excluding carboxylic acids is 1. The van der Waals surface area contributed by atoms with Gasteiger partial charge >= 0.3 is 0 Å². The standard InChI is InChI=1S/C13H24N2O5/c1-15(2,3)8-4-5-11(16)10-6-7-13(12(17)9-10)20-14(18)19/h10,12-13H,4-9H2,1-3H3/t10-,12-,13-/m0/s1. The van der Waals surface area contributed by atoms with E-state index in [-0.39, 0.29) is 18.1 Å². The predicted molar refractivity (Wildman–Crippen MR) is 70.1 cm³/mol. The van der Waals surface area contributed by atoms with Gasteiger partial charge in [-0.1, -0.05) is 12.5 Å². The second-order valence-corrected chi connectivity index (χ2v) is 6.50. The normalized spacial score (nSPS) is 27.1. The Labute approximate surface area is 119 Å². The summed E-state index contributed by atoms with van der Waals surface area (Å²) in [6.45, 7) is 0.909. The largest absolute Gasteiger partial charge is 0.850 e. The molecule has 1 aliphatic rings. The Balaban J connectivity index is 2.35. The zero-order valence-corrected chi connectivity index (χ0v) is 12.4. The van der Waals surface area contributed by atoms with Crippen LogP contribution in [0.2, 0.25) is 0 Å². The van der Waals surface area contributed by atoms with Crippen LogP contribution < -0.4 is 5.11 Å². The van der Waals surface area contributed by atoms with Gasteiger partial charge in [-0.2, -0.15) is 0 Å². The average molecular weight is 288 g/mol. The molecular weight excluding hydrogens is 264 g/mol. The van der Waals surface area contributed by atoms with Crippen molar-refractivity contribution >= 4 is 5.78 Å². The lowest BCUT2D eigenvalue weighted by Gasteiger charge is -2.38. The first kappa shape index (κ1) is 16.8. The third kappa shape index (κ3) is 5.83. The van der Waals surface area contributed by atoms with Gasteiger partial charge < -0.3 is 14.4 Å². The maximum atomic E-state index is 12.0. The van der Waals surface area contributed by atoms with E-state index < -0.39 is 17.3 Å². The number of hydrogen-bond donors (Lipinski definition) is 0. The molecule has 0 spiro atoms. The molecule has 0 unspecified atom stereocenters. The summed E-state index contributed by atoms with van der Waals surface area (Å²) in [6.07, 6.45) is 0.162. The van der Waals surface area contributed by atoms with Crippen molar-refractivity contribution in [2.24, 2.45) is 5.92 Å². The Morgan fingerprint density at radius 3 is 2.50 bits per heavy atom. The molecule has 0 saturated heterocycles. The lowest BCUT2D eigenvalue weighted by Crippen LogP contribution is -2.47. The van der Waals surface area contributed by atoms with Crippen LogP contribution in [-0.4, -0.2) is 55.2 Å². The second kappa shape index (κ2) is 6.99. The van der Waals surface area contributed by atoms with Crippen LogP contribution in [0.15, 0.2) is 0 Å². The lowest BCUT2D eigenvalue weighted by atomic mass is 9.81. The fraction of sp³-hybridized carbons (Fsp3) is 0.923. The molecule has 1 fully saturated rings. The van der Waals surface area contributed by atoms with Gasteiger partial charge in [0.1, 0.15) is 5.78 Å². The lowest BCUT2D eigenvalue weighted by molar-refractivity contribution is -0.870. The minimum absolute atomic E-state index is 0.110. The van der Waals surface area contributed by atoms with Crippen molar-refractivity contribution in [2.45, 2.75) is 44.3 Å². The van der Waals surface area contributed by atoms with E-state index in [4.69, 9.17) is 0 Å². The number of quaternary nitrogens is 1. The molecule has 0 aliphatic heterocycles. The second-order valence-electron chi connectivity index (χ2n) is 6.50. The fourth-order valence-electron chi connectivity index (χ4n) is 2.56. The van der Waals surface area contributed by atoms with Crippen LogP contribution in [0.5, 0.6) is 0 Å². The average Bonchev–Trinajstić information content (AvgIpc) is 2.29. The Morgan fingerprint density at radius 1 is 1.35 bits per heavy atom. The van der Waals surface area contributed by atoms with Crippen LogP contribution in [-0.2, 0) is 9.63 Å². The van der Waals surface area contributed by atoms with Gasteiger partial charge in [0.25, 0.3) is 5.09 Å². The van der Waals surface area contributed by atoms with Gasteiger partial charge in [-0.15, -0.1) is 10.1 Å². The molecule has 0 bridgehead atoms. The van der Waals surface area contributed by atoms with E-state index in [0.717, 1.165) is 17.4 Å². The van der Waals surface area contributed by atoms with E-state index >= 15 is 0 Å². The van der Waals surface area contributed by atoms with Gasteiger partial charge in [0.15, 0.2) is 0 Å². The van der Waals surface area contributed by atoms with E-state index in [0.29, 0.717) is 19.3 Å². The first-order valence-corrected chi connectivity index (χ1v) is 6.99. The predicted octanol–water partition coefficient (Wildman–Crippen LogP) is 0.148. The number of nitrogens with zero attached hydrogens (tertiary/aromatic N) is 2. The molecule has 0 amide bonds. The van der Waals surface area contributed by atoms with Gasteiger partial charge in [0.05, 0.1) is 33.8 Å². The molecule has 0 aromatic carbocycles. The first-order valence-electron chi connectivity index (χ1n) is 6.99. The van der Waals surface area contributed by atoms with E-state index in [1.807, 2.05) is 0 Å². The molecule has 0 aromatic rings. The molecule has 7 nitrogen and oxygen atoms in total. The molecule has 20 heavy (non-hydrogen) atoms. The fourth-order valence-corrected chi connectivity index (χ4v) is 2.56. The van der Waals surface area contributed by atoms with E-state index in [2.05, 4.69) is 26.0 Å². The summed E-state index contributed by atoms with van der Waals surface area (Å²) in [5, 5.41) is 21.1. The zero-order valence-electron chi connectivity index (χ0n) is 12.4. The van der Waals surface area contributed by atoms with E-state index in [1.54, 1.807) is 0 Å². The van der Waals surface area contributed by atoms with Crippen molar-refractivity contribution in [2.75, 3.05) is 27.7 Å². The van der Waals surface area contributed by atoms with Gasteiger partial charge in [-0.05, 0) is 12.8 Å². The summed E-state index contributed by atoms with van der Waals surface area (Å²) in [7, 11) is 6.20. The summed E-state index contributed by atoms with van der Waals surface area (Å²) >= 11 is 0. The summed E-state index contributed by atoms with van der Waals surface area (Å²) < 4.78 is 0.806. The van der Waals surface area contributed by atoms with Gasteiger partial charge in [0, 0.05) is 18.8 Å². The Bertz CT molecular complexity index is 353. The minimum atomic E-state index is -1.18. The molecule has 1 rings (SSSR count). The van der Waals surface area contributed by atoms with E-state index in [9.17, 15) is 20.0 Å². The number of rotatable bonds is 7. The molecule has 0 N–H and O–H groups in total. The van der Waals surface area contributed by atoms with Crippen LogP contribution in [0, 0.1) is 16.0 Å². The summed E-state index contributed by atoms with van der Waals surface area (Å²) in [5.41, 5.74) is 0. The maximum Gasteiger partial charge on any atom is 0.294 e. The van der Waals surface area contributed by atoms with Crippen molar-refractivity contribution < 1.29 is 24.3 Å². The highest BCUT2D eigenvalue weighted by Crippen LogP contribution is 2.27. The summed E-state index contributed by atoms with van der Waals surface area (Å²) in [5.74, 6) is -0.143. The quantitative estimate of drug-likeness (QED) is 0.377. The zero-order chi connectivity index (χ0) is 15.3. The van der Waals surface area contributed by atoms with E-state index in [1.165, 1.54) is 0 Å². The highest BCUT2D eigenvalue weighted by molar-refractivity contribution is 5.81. The third-order valence-corrected chi connectivity index (χ3v) is 3.66. The van der Waals surface area contributed by atoms with Crippen LogP contribution >= 0.6 is 0 Å². The maximum absolute atomic E-state index is 12.0. The molecule has 0 radical (unpaired) electrons. The Hall–Kier alpha value is -1.21. The van der Waals surface area contributed by atoms with Crippen molar-refractivity contribution in [3.05, 3.63) is 10.1 Å². The number of hydrogen-bond acceptors (Lipinski definition) is 5. The van der Waals surface area contributed by atoms with Crippen LogP contribution in [0.1, 0.15) is 32.1 Å². The smallest absolute Gasteiger partial charge is 0.294 e. The molecular formula is C13H24N2O5. The Morgan fingerprint density at radius 2 is 2.00 bits per heavy atom. The number of carbonyl (C=O) groups is 1. The van der Waals surface area contributed by atoms with Crippen LogP contribution in [0.25, 0.3) is 0 Å². The van der Waals surface area contributed by atoms with Crippen molar-refractivity contribution in [3.63, 3.8) is 0 Å². The SMILES string of the molecule is C[N+](C)(C)CCCC(=O)[C@H]1CC[C@H](O[N+](=O)[O-])[C@@H]([O-])C1. The summed E-state index contributed by atoms with van der Waals surface area (Å²) in [6, 6.07) is 0. The summed E-state index contributed by atoms with van der Waals surface area (Å²) in [4.78, 5) is 26.6. The molecule has 3 atom stereocenters. The third-order valence-electron chi connectivity index (χ3n) is 3.66. The number of ketones is 1. The topological polar surface area (TPSA) is 92.5 Å². The molecule has 116 valence electrons. The van der Waals surface area contributed by atoms with Crippen molar-refractivity contribution in [1.29, 1.82) is 0 Å². The van der Waals surface area contributed by atoms with Gasteiger partial charge in [-0.3, -0.25) is 4.79 Å². The highest BCUT2D eigenvalue weighted by Gasteiger charge is 2.30. The number of Topliss-reactive ketones (excluding diaryl/α,β-unsaturated/α-hetero) is 1. The van der Waals surface area contributed by atoms with Crippen LogP contribution in [0.4, 0.5) is 0 Å². The van der Waals surface area contributed by atoms with Crippen molar-refractivity contribution in [3.8, 4) is 0 Å².